The molecule has 0 radical (unpaired) electrons. The van der Waals surface area contributed by atoms with Crippen LogP contribution < -0.4 is 5.32 Å². The van der Waals surface area contributed by atoms with Crippen molar-refractivity contribution in [2.75, 3.05) is 31.1 Å². The van der Waals surface area contributed by atoms with Gasteiger partial charge in [0.1, 0.15) is 0 Å². The van der Waals surface area contributed by atoms with Crippen LogP contribution in [0.3, 0.4) is 0 Å². The third-order valence-electron chi connectivity index (χ3n) is 4.28. The van der Waals surface area contributed by atoms with Crippen molar-refractivity contribution in [3.63, 3.8) is 0 Å². The Labute approximate surface area is 137 Å². The Morgan fingerprint density at radius 3 is 2.62 bits per heavy atom. The molecule has 1 unspecified atom stereocenters. The molecule has 0 aliphatic carbocycles. The van der Waals surface area contributed by atoms with E-state index in [0.717, 1.165) is 44.0 Å². The van der Waals surface area contributed by atoms with Crippen molar-refractivity contribution in [1.29, 1.82) is 0 Å². The molecule has 3 rings (SSSR count). The summed E-state index contributed by atoms with van der Waals surface area (Å²) >= 11 is 1.96. The van der Waals surface area contributed by atoms with Crippen LogP contribution >= 0.6 is 24.2 Å². The fourth-order valence-electron chi connectivity index (χ4n) is 3.12. The first-order valence-electron chi connectivity index (χ1n) is 7.50. The number of hydrogen-bond donors (Lipinski definition) is 1. The van der Waals surface area contributed by atoms with Gasteiger partial charge in [-0.15, -0.1) is 12.4 Å². The van der Waals surface area contributed by atoms with E-state index in [9.17, 15) is 4.79 Å². The maximum absolute atomic E-state index is 12.8. The zero-order valence-corrected chi connectivity index (χ0v) is 13.8. The van der Waals surface area contributed by atoms with Gasteiger partial charge in [-0.2, -0.15) is 11.8 Å². The van der Waals surface area contributed by atoms with E-state index >= 15 is 0 Å². The number of thioether (sulfide) groups is 1. The number of hydrogen-bond acceptors (Lipinski definition) is 3. The van der Waals surface area contributed by atoms with Crippen LogP contribution in [-0.2, 0) is 4.79 Å². The Hall–Kier alpha value is -0.710. The van der Waals surface area contributed by atoms with Crippen LogP contribution in [0.1, 0.15) is 24.4 Å². The maximum Gasteiger partial charge on any atom is 0.226 e. The van der Waals surface area contributed by atoms with Crippen LogP contribution in [0.2, 0.25) is 0 Å². The minimum absolute atomic E-state index is 0. The molecule has 1 N–H and O–H groups in total. The van der Waals surface area contributed by atoms with Gasteiger partial charge in [0, 0.05) is 24.0 Å². The molecule has 2 saturated heterocycles. The average molecular weight is 327 g/mol. The Morgan fingerprint density at radius 2 is 1.90 bits per heavy atom. The molecule has 3 nitrogen and oxygen atoms in total. The fourth-order valence-corrected chi connectivity index (χ4v) is 4.21. The second-order valence-corrected chi connectivity index (χ2v) is 6.71. The number of carbonyl (C=O) groups is 1. The van der Waals surface area contributed by atoms with Gasteiger partial charge < -0.3 is 10.2 Å². The molecule has 21 heavy (non-hydrogen) atoms. The van der Waals surface area contributed by atoms with Gasteiger partial charge in [0.05, 0.1) is 6.04 Å². The number of nitrogens with zero attached hydrogens (tertiary/aromatic N) is 1. The van der Waals surface area contributed by atoms with Crippen molar-refractivity contribution in [3.8, 4) is 0 Å². The van der Waals surface area contributed by atoms with Gasteiger partial charge in [0.2, 0.25) is 5.91 Å². The number of amides is 1. The predicted octanol–water partition coefficient (Wildman–Crippen LogP) is 2.72. The molecule has 2 fully saturated rings. The summed E-state index contributed by atoms with van der Waals surface area (Å²) in [5, 5.41) is 3.34. The third-order valence-corrected chi connectivity index (χ3v) is 5.31. The third kappa shape index (κ3) is 3.93. The monoisotopic (exact) mass is 326 g/mol. The molecule has 0 aromatic heterocycles. The van der Waals surface area contributed by atoms with E-state index in [-0.39, 0.29) is 24.4 Å². The molecule has 1 aromatic carbocycles. The molecule has 116 valence electrons. The molecule has 0 saturated carbocycles. The summed E-state index contributed by atoms with van der Waals surface area (Å²) in [5.41, 5.74) is 1.28. The lowest BCUT2D eigenvalue weighted by Crippen LogP contribution is -2.46. The van der Waals surface area contributed by atoms with Gasteiger partial charge in [-0.05, 0) is 31.5 Å². The van der Waals surface area contributed by atoms with E-state index in [1.165, 1.54) is 5.56 Å². The van der Waals surface area contributed by atoms with E-state index < -0.39 is 0 Å². The summed E-state index contributed by atoms with van der Waals surface area (Å²) in [5.74, 6) is 2.70. The van der Waals surface area contributed by atoms with E-state index in [1.54, 1.807) is 0 Å². The maximum atomic E-state index is 12.8. The Balaban J connectivity index is 0.00000161. The molecule has 2 heterocycles. The molecule has 2 aliphatic rings. The van der Waals surface area contributed by atoms with Crippen LogP contribution in [0.15, 0.2) is 30.3 Å². The van der Waals surface area contributed by atoms with Crippen molar-refractivity contribution in [2.24, 2.45) is 5.92 Å². The number of benzene rings is 1. The van der Waals surface area contributed by atoms with Crippen LogP contribution in [0.25, 0.3) is 0 Å². The van der Waals surface area contributed by atoms with Crippen molar-refractivity contribution >= 4 is 30.1 Å². The van der Waals surface area contributed by atoms with Crippen LogP contribution in [0.5, 0.6) is 0 Å². The van der Waals surface area contributed by atoms with E-state index in [4.69, 9.17) is 0 Å². The normalized spacial score (nSPS) is 23.4. The number of halogens is 1. The van der Waals surface area contributed by atoms with Crippen LogP contribution in [-0.4, -0.2) is 41.9 Å². The second-order valence-electron chi connectivity index (χ2n) is 5.56. The molecule has 0 spiro atoms. The van der Waals surface area contributed by atoms with E-state index in [2.05, 4.69) is 34.5 Å². The highest BCUT2D eigenvalue weighted by Gasteiger charge is 2.32. The number of carbonyl (C=O) groups excluding carboxylic acids is 1. The molecule has 0 bridgehead atoms. The van der Waals surface area contributed by atoms with Gasteiger partial charge in [-0.3, -0.25) is 4.79 Å². The quantitative estimate of drug-likeness (QED) is 0.907. The summed E-state index contributed by atoms with van der Waals surface area (Å²) in [6, 6.07) is 10.7. The summed E-state index contributed by atoms with van der Waals surface area (Å²) < 4.78 is 0. The molecule has 1 atom stereocenters. The highest BCUT2D eigenvalue weighted by atomic mass is 35.5. The predicted molar refractivity (Wildman–Crippen MR) is 91.1 cm³/mol. The van der Waals surface area contributed by atoms with E-state index in [0.29, 0.717) is 5.91 Å². The molecule has 5 heteroatoms. The standard InChI is InChI=1S/C16H22N2OS.ClH/c19-16(14-6-8-17-9-7-14)18-10-11-20-12-15(18)13-4-2-1-3-5-13;/h1-5,14-15,17H,6-12H2;1H. The van der Waals surface area contributed by atoms with Gasteiger partial charge >= 0.3 is 0 Å². The fraction of sp³-hybridized carbons (Fsp3) is 0.562. The van der Waals surface area contributed by atoms with Crippen molar-refractivity contribution in [3.05, 3.63) is 35.9 Å². The lowest BCUT2D eigenvalue weighted by Gasteiger charge is -2.38. The lowest BCUT2D eigenvalue weighted by atomic mass is 9.95. The van der Waals surface area contributed by atoms with Crippen LogP contribution in [0.4, 0.5) is 0 Å². The lowest BCUT2D eigenvalue weighted by molar-refractivity contribution is -0.138. The average Bonchev–Trinajstić information content (AvgIpc) is 2.56. The molecule has 2 aliphatic heterocycles. The van der Waals surface area contributed by atoms with Gasteiger partial charge in [-0.25, -0.2) is 0 Å². The highest BCUT2D eigenvalue weighted by molar-refractivity contribution is 7.99. The minimum Gasteiger partial charge on any atom is -0.334 e. The van der Waals surface area contributed by atoms with Gasteiger partial charge in [0.25, 0.3) is 0 Å². The summed E-state index contributed by atoms with van der Waals surface area (Å²) in [4.78, 5) is 15.0. The smallest absolute Gasteiger partial charge is 0.226 e. The number of rotatable bonds is 2. The Bertz CT molecular complexity index is 451. The van der Waals surface area contributed by atoms with Gasteiger partial charge in [0.15, 0.2) is 0 Å². The first-order chi connectivity index (χ1) is 9.86. The molecule has 1 aromatic rings. The second kappa shape index (κ2) is 8.06. The molecular formula is C16H23ClN2OS. The summed E-state index contributed by atoms with van der Waals surface area (Å²) in [7, 11) is 0. The van der Waals surface area contributed by atoms with Crippen molar-refractivity contribution in [2.45, 2.75) is 18.9 Å². The van der Waals surface area contributed by atoms with Crippen molar-refractivity contribution < 1.29 is 4.79 Å². The minimum atomic E-state index is 0. The van der Waals surface area contributed by atoms with Gasteiger partial charge in [-0.1, -0.05) is 30.3 Å². The summed E-state index contributed by atoms with van der Waals surface area (Å²) in [6.45, 7) is 2.86. The zero-order chi connectivity index (χ0) is 13.8. The topological polar surface area (TPSA) is 32.3 Å². The number of nitrogens with one attached hydrogen (secondary N) is 1. The Morgan fingerprint density at radius 1 is 1.19 bits per heavy atom. The first kappa shape index (κ1) is 16.7. The highest BCUT2D eigenvalue weighted by Crippen LogP contribution is 2.31. The SMILES string of the molecule is Cl.O=C(C1CCNCC1)N1CCSCC1c1ccccc1. The van der Waals surface area contributed by atoms with E-state index in [1.807, 2.05) is 17.8 Å². The Kier molecular flexibility index (Phi) is 6.40. The number of piperidine rings is 1. The van der Waals surface area contributed by atoms with Crippen molar-refractivity contribution in [1.82, 2.24) is 10.2 Å². The molecular weight excluding hydrogens is 304 g/mol. The first-order valence-corrected chi connectivity index (χ1v) is 8.65. The largest absolute Gasteiger partial charge is 0.334 e. The zero-order valence-electron chi connectivity index (χ0n) is 12.2. The summed E-state index contributed by atoms with van der Waals surface area (Å²) in [6.07, 6.45) is 1.98. The molecule has 1 amide bonds. The van der Waals surface area contributed by atoms with Crippen LogP contribution in [0, 0.1) is 5.92 Å².